The minimum Gasteiger partial charge on any atom is -0.271 e. The molecule has 0 saturated heterocycles. The van der Waals surface area contributed by atoms with Gasteiger partial charge in [-0.05, 0) is 50.2 Å². The van der Waals surface area contributed by atoms with Crippen LogP contribution in [0.25, 0.3) is 0 Å². The van der Waals surface area contributed by atoms with Crippen molar-refractivity contribution >= 4 is 11.6 Å². The minimum absolute atomic E-state index is 0.101. The third kappa shape index (κ3) is 4.03. The van der Waals surface area contributed by atoms with Gasteiger partial charge in [0.1, 0.15) is 5.82 Å². The van der Waals surface area contributed by atoms with Crippen LogP contribution in [0.2, 0.25) is 5.02 Å². The standard InChI is InChI=1S/C15H20ClFN2/c16-15-12(7-4-8-14(15)17)10-13(19-18)9-11-5-2-1-3-6-11/h4-5,7-8,13,19H,1-3,6,9-10,18H2. The minimum atomic E-state index is -0.369. The molecule has 0 radical (unpaired) electrons. The van der Waals surface area contributed by atoms with Crippen LogP contribution >= 0.6 is 11.6 Å². The maximum absolute atomic E-state index is 13.4. The summed E-state index contributed by atoms with van der Waals surface area (Å²) in [6, 6.07) is 5.01. The Morgan fingerprint density at radius 1 is 1.32 bits per heavy atom. The van der Waals surface area contributed by atoms with Crippen molar-refractivity contribution in [2.45, 2.75) is 44.6 Å². The highest BCUT2D eigenvalue weighted by atomic mass is 35.5. The summed E-state index contributed by atoms with van der Waals surface area (Å²) in [4.78, 5) is 0. The second-order valence-corrected chi connectivity index (χ2v) is 5.47. The Balaban J connectivity index is 2.02. The molecule has 4 heteroatoms. The number of hydrogen-bond acceptors (Lipinski definition) is 2. The van der Waals surface area contributed by atoms with E-state index in [0.717, 1.165) is 24.8 Å². The van der Waals surface area contributed by atoms with Gasteiger partial charge in [0.05, 0.1) is 5.02 Å². The van der Waals surface area contributed by atoms with Gasteiger partial charge in [-0.2, -0.15) is 0 Å². The van der Waals surface area contributed by atoms with E-state index in [-0.39, 0.29) is 16.9 Å². The van der Waals surface area contributed by atoms with Gasteiger partial charge in [0, 0.05) is 6.04 Å². The van der Waals surface area contributed by atoms with Crippen LogP contribution in [-0.4, -0.2) is 6.04 Å². The first-order chi connectivity index (χ1) is 9.20. The van der Waals surface area contributed by atoms with E-state index < -0.39 is 0 Å². The lowest BCUT2D eigenvalue weighted by atomic mass is 9.92. The number of halogens is 2. The normalized spacial score (nSPS) is 17.1. The molecule has 2 nitrogen and oxygen atoms in total. The van der Waals surface area contributed by atoms with Crippen molar-refractivity contribution in [1.82, 2.24) is 5.43 Å². The molecule has 0 aromatic heterocycles. The Labute approximate surface area is 118 Å². The van der Waals surface area contributed by atoms with E-state index in [0.29, 0.717) is 6.42 Å². The maximum Gasteiger partial charge on any atom is 0.142 e. The number of rotatable bonds is 5. The summed E-state index contributed by atoms with van der Waals surface area (Å²) < 4.78 is 13.4. The fraction of sp³-hybridized carbons (Fsp3) is 0.467. The molecule has 1 aliphatic rings. The van der Waals surface area contributed by atoms with Crippen molar-refractivity contribution < 1.29 is 4.39 Å². The Morgan fingerprint density at radius 3 is 2.84 bits per heavy atom. The van der Waals surface area contributed by atoms with Gasteiger partial charge in [0.15, 0.2) is 0 Å². The number of nitrogens with two attached hydrogens (primary N) is 1. The van der Waals surface area contributed by atoms with Gasteiger partial charge in [-0.25, -0.2) is 4.39 Å². The van der Waals surface area contributed by atoms with E-state index in [1.807, 2.05) is 6.07 Å². The molecular weight excluding hydrogens is 263 g/mol. The molecule has 1 unspecified atom stereocenters. The summed E-state index contributed by atoms with van der Waals surface area (Å²) in [7, 11) is 0. The van der Waals surface area contributed by atoms with E-state index in [1.54, 1.807) is 6.07 Å². The van der Waals surface area contributed by atoms with Crippen LogP contribution in [-0.2, 0) is 6.42 Å². The van der Waals surface area contributed by atoms with Gasteiger partial charge in [-0.15, -0.1) is 0 Å². The first-order valence-corrected chi connectivity index (χ1v) is 7.15. The molecule has 3 N–H and O–H groups in total. The lowest BCUT2D eigenvalue weighted by molar-refractivity contribution is 0.503. The van der Waals surface area contributed by atoms with Crippen LogP contribution in [0.15, 0.2) is 29.8 Å². The summed E-state index contributed by atoms with van der Waals surface area (Å²) >= 11 is 5.98. The molecule has 0 saturated carbocycles. The van der Waals surface area contributed by atoms with Crippen LogP contribution in [0.4, 0.5) is 4.39 Å². The van der Waals surface area contributed by atoms with Crippen molar-refractivity contribution in [1.29, 1.82) is 0 Å². The molecule has 2 rings (SSSR count). The lowest BCUT2D eigenvalue weighted by Gasteiger charge is -2.20. The van der Waals surface area contributed by atoms with Gasteiger partial charge in [-0.3, -0.25) is 11.3 Å². The van der Waals surface area contributed by atoms with Crippen molar-refractivity contribution in [3.8, 4) is 0 Å². The average Bonchev–Trinajstić information content (AvgIpc) is 2.44. The van der Waals surface area contributed by atoms with Crippen molar-refractivity contribution in [2.75, 3.05) is 0 Å². The highest BCUT2D eigenvalue weighted by Crippen LogP contribution is 2.25. The molecule has 19 heavy (non-hydrogen) atoms. The van der Waals surface area contributed by atoms with Crippen LogP contribution in [0, 0.1) is 5.82 Å². The molecule has 0 fully saturated rings. The third-order valence-electron chi connectivity index (χ3n) is 3.63. The second-order valence-electron chi connectivity index (χ2n) is 5.09. The van der Waals surface area contributed by atoms with Crippen molar-refractivity contribution in [2.24, 2.45) is 5.84 Å². The van der Waals surface area contributed by atoms with E-state index in [2.05, 4.69) is 11.5 Å². The average molecular weight is 283 g/mol. The Bertz CT molecular complexity index is 459. The molecule has 0 bridgehead atoms. The smallest absolute Gasteiger partial charge is 0.142 e. The molecule has 0 amide bonds. The van der Waals surface area contributed by atoms with E-state index in [1.165, 1.54) is 24.5 Å². The molecule has 1 aromatic rings. The van der Waals surface area contributed by atoms with Crippen molar-refractivity contribution in [3.63, 3.8) is 0 Å². The van der Waals surface area contributed by atoms with Crippen LogP contribution in [0.5, 0.6) is 0 Å². The van der Waals surface area contributed by atoms with E-state index >= 15 is 0 Å². The zero-order valence-electron chi connectivity index (χ0n) is 11.0. The molecule has 0 spiro atoms. The first-order valence-electron chi connectivity index (χ1n) is 6.77. The molecule has 0 aliphatic heterocycles. The molecular formula is C15H20ClFN2. The lowest BCUT2D eigenvalue weighted by Crippen LogP contribution is -2.37. The molecule has 1 aliphatic carbocycles. The Morgan fingerprint density at radius 2 is 2.16 bits per heavy atom. The number of benzene rings is 1. The van der Waals surface area contributed by atoms with Crippen LogP contribution in [0.1, 0.15) is 37.7 Å². The predicted octanol–water partition coefficient (Wildman–Crippen LogP) is 3.74. The number of allylic oxidation sites excluding steroid dienone is 1. The third-order valence-corrected chi connectivity index (χ3v) is 4.05. The van der Waals surface area contributed by atoms with Crippen LogP contribution in [0.3, 0.4) is 0 Å². The van der Waals surface area contributed by atoms with Gasteiger partial charge in [0.25, 0.3) is 0 Å². The highest BCUT2D eigenvalue weighted by Gasteiger charge is 2.15. The summed E-state index contributed by atoms with van der Waals surface area (Å²) in [6.45, 7) is 0. The summed E-state index contributed by atoms with van der Waals surface area (Å²) in [6.07, 6.45) is 8.70. The monoisotopic (exact) mass is 282 g/mol. The molecule has 1 atom stereocenters. The molecule has 104 valence electrons. The topological polar surface area (TPSA) is 38.0 Å². The SMILES string of the molecule is NNC(CC1=CCCCC1)Cc1cccc(F)c1Cl. The Kier molecular flexibility index (Phi) is 5.37. The fourth-order valence-electron chi connectivity index (χ4n) is 2.57. The summed E-state index contributed by atoms with van der Waals surface area (Å²) in [5.74, 6) is 5.24. The predicted molar refractivity (Wildman–Crippen MR) is 77.4 cm³/mol. The summed E-state index contributed by atoms with van der Waals surface area (Å²) in [5.41, 5.74) is 5.08. The largest absolute Gasteiger partial charge is 0.271 e. The second kappa shape index (κ2) is 7.04. The number of hydrogen-bond donors (Lipinski definition) is 2. The number of hydrazine groups is 1. The molecule has 1 aromatic carbocycles. The van der Waals surface area contributed by atoms with Gasteiger partial charge in [0.2, 0.25) is 0 Å². The zero-order valence-corrected chi connectivity index (χ0v) is 11.7. The van der Waals surface area contributed by atoms with E-state index in [4.69, 9.17) is 17.4 Å². The zero-order chi connectivity index (χ0) is 13.7. The maximum atomic E-state index is 13.4. The number of nitrogens with one attached hydrogen (secondary N) is 1. The van der Waals surface area contributed by atoms with Crippen molar-refractivity contribution in [3.05, 3.63) is 46.3 Å². The van der Waals surface area contributed by atoms with Crippen LogP contribution < -0.4 is 11.3 Å². The highest BCUT2D eigenvalue weighted by molar-refractivity contribution is 6.31. The van der Waals surface area contributed by atoms with Gasteiger partial charge >= 0.3 is 0 Å². The van der Waals surface area contributed by atoms with Gasteiger partial charge in [-0.1, -0.05) is 35.4 Å². The quantitative estimate of drug-likeness (QED) is 0.490. The van der Waals surface area contributed by atoms with E-state index in [9.17, 15) is 4.39 Å². The summed E-state index contributed by atoms with van der Waals surface area (Å²) in [5, 5.41) is 0.209. The first kappa shape index (κ1) is 14.5. The Hall–Kier alpha value is -0.900. The van der Waals surface area contributed by atoms with Gasteiger partial charge < -0.3 is 0 Å². The molecule has 0 heterocycles. The fourth-order valence-corrected chi connectivity index (χ4v) is 2.77.